The Hall–Kier alpha value is -0.510. The van der Waals surface area contributed by atoms with Crippen molar-refractivity contribution < 1.29 is 0 Å². The summed E-state index contributed by atoms with van der Waals surface area (Å²) in [7, 11) is 2.28. The molecule has 0 N–H and O–H groups in total. The molecule has 2 heterocycles. The van der Waals surface area contributed by atoms with E-state index in [1.807, 2.05) is 0 Å². The van der Waals surface area contributed by atoms with Crippen molar-refractivity contribution in [3.05, 3.63) is 29.8 Å². The summed E-state index contributed by atoms with van der Waals surface area (Å²) in [6, 6.07) is 8.88. The predicted molar refractivity (Wildman–Crippen MR) is 83.0 cm³/mol. The third kappa shape index (κ3) is 3.53. The summed E-state index contributed by atoms with van der Waals surface area (Å²) in [6.45, 7) is 6.32. The molecule has 1 atom stereocenters. The topological polar surface area (TPSA) is 6.48 Å². The van der Waals surface area contributed by atoms with Crippen LogP contribution in [-0.4, -0.2) is 54.8 Å². The molecule has 3 rings (SSSR count). The van der Waals surface area contributed by atoms with Crippen LogP contribution >= 0.6 is 11.8 Å². The number of rotatable bonds is 5. The highest BCUT2D eigenvalue weighted by Gasteiger charge is 2.23. The van der Waals surface area contributed by atoms with E-state index in [1.54, 1.807) is 5.56 Å². The molecule has 0 radical (unpaired) electrons. The number of hydrogen-bond acceptors (Lipinski definition) is 3. The lowest BCUT2D eigenvalue weighted by Gasteiger charge is -2.23. The van der Waals surface area contributed by atoms with Crippen LogP contribution in [0.2, 0.25) is 0 Å². The van der Waals surface area contributed by atoms with Gasteiger partial charge in [-0.2, -0.15) is 0 Å². The first-order valence-corrected chi connectivity index (χ1v) is 8.35. The van der Waals surface area contributed by atoms with Gasteiger partial charge < -0.3 is 9.80 Å². The van der Waals surface area contributed by atoms with E-state index in [4.69, 9.17) is 0 Å². The molecule has 1 aromatic rings. The van der Waals surface area contributed by atoms with Gasteiger partial charge in [0.25, 0.3) is 0 Å². The molecule has 104 valence electrons. The van der Waals surface area contributed by atoms with E-state index in [2.05, 4.69) is 52.9 Å². The fourth-order valence-corrected chi connectivity index (χ4v) is 4.52. The quantitative estimate of drug-likeness (QED) is 0.816. The van der Waals surface area contributed by atoms with Crippen molar-refractivity contribution in [2.75, 3.05) is 39.8 Å². The second kappa shape index (κ2) is 6.29. The van der Waals surface area contributed by atoms with E-state index in [9.17, 15) is 0 Å². The molecule has 0 saturated carbocycles. The second-order valence-electron chi connectivity index (χ2n) is 5.86. The monoisotopic (exact) mass is 276 g/mol. The molecule has 2 aliphatic heterocycles. The summed E-state index contributed by atoms with van der Waals surface area (Å²) in [5.41, 5.74) is 1.55. The Morgan fingerprint density at radius 1 is 1.26 bits per heavy atom. The summed E-state index contributed by atoms with van der Waals surface area (Å²) in [4.78, 5) is 6.62. The Morgan fingerprint density at radius 2 is 2.05 bits per heavy atom. The minimum Gasteiger partial charge on any atom is -0.304 e. The third-order valence-electron chi connectivity index (χ3n) is 4.23. The zero-order valence-electron chi connectivity index (χ0n) is 11.8. The maximum absolute atomic E-state index is 2.60. The van der Waals surface area contributed by atoms with Gasteiger partial charge in [-0.05, 0) is 51.0 Å². The van der Waals surface area contributed by atoms with Gasteiger partial charge in [-0.15, -0.1) is 11.8 Å². The predicted octanol–water partition coefficient (Wildman–Crippen LogP) is 2.73. The van der Waals surface area contributed by atoms with Crippen LogP contribution in [0.25, 0.3) is 0 Å². The van der Waals surface area contributed by atoms with Crippen LogP contribution in [0, 0.1) is 0 Å². The van der Waals surface area contributed by atoms with Crippen molar-refractivity contribution in [2.45, 2.75) is 29.4 Å². The van der Waals surface area contributed by atoms with Gasteiger partial charge in [0.05, 0.1) is 0 Å². The van der Waals surface area contributed by atoms with E-state index in [1.165, 1.54) is 56.9 Å². The van der Waals surface area contributed by atoms with Crippen LogP contribution in [0.5, 0.6) is 0 Å². The van der Waals surface area contributed by atoms with Gasteiger partial charge in [0.2, 0.25) is 0 Å². The normalized spacial score (nSPS) is 23.2. The molecule has 19 heavy (non-hydrogen) atoms. The Morgan fingerprint density at radius 3 is 2.84 bits per heavy atom. The number of likely N-dealkylation sites (tertiary alicyclic amines) is 1. The van der Waals surface area contributed by atoms with Crippen LogP contribution in [0.1, 0.15) is 18.4 Å². The van der Waals surface area contributed by atoms with Gasteiger partial charge in [-0.3, -0.25) is 0 Å². The average Bonchev–Trinajstić information content (AvgIpc) is 3.04. The molecule has 1 unspecified atom stereocenters. The Bertz CT molecular complexity index is 390. The first-order chi connectivity index (χ1) is 9.31. The van der Waals surface area contributed by atoms with Gasteiger partial charge in [0.15, 0.2) is 0 Å². The number of thioether (sulfide) groups is 1. The molecular weight excluding hydrogens is 252 g/mol. The SMILES string of the molecule is CN(CCN1CCCC1)CC1Cc2ccccc2S1. The smallest absolute Gasteiger partial charge is 0.0263 e. The van der Waals surface area contributed by atoms with Crippen LogP contribution in [0.3, 0.4) is 0 Å². The highest BCUT2D eigenvalue weighted by Crippen LogP contribution is 2.36. The minimum atomic E-state index is 0.751. The van der Waals surface area contributed by atoms with Crippen LogP contribution in [-0.2, 0) is 6.42 Å². The summed E-state index contributed by atoms with van der Waals surface area (Å²) in [6.07, 6.45) is 4.05. The maximum atomic E-state index is 2.60. The largest absolute Gasteiger partial charge is 0.304 e. The number of fused-ring (bicyclic) bond motifs is 1. The van der Waals surface area contributed by atoms with Crippen molar-refractivity contribution in [3.63, 3.8) is 0 Å². The Kier molecular flexibility index (Phi) is 4.46. The molecule has 0 aromatic heterocycles. The molecule has 3 heteroatoms. The van der Waals surface area contributed by atoms with Crippen molar-refractivity contribution in [1.82, 2.24) is 9.80 Å². The Balaban J connectivity index is 1.42. The highest BCUT2D eigenvalue weighted by molar-refractivity contribution is 8.00. The zero-order valence-corrected chi connectivity index (χ0v) is 12.7. The molecule has 1 saturated heterocycles. The van der Waals surface area contributed by atoms with Gasteiger partial charge in [0, 0.05) is 29.8 Å². The summed E-state index contributed by atoms with van der Waals surface area (Å²) in [5.74, 6) is 0. The van der Waals surface area contributed by atoms with E-state index >= 15 is 0 Å². The van der Waals surface area contributed by atoms with E-state index in [-0.39, 0.29) is 0 Å². The lowest BCUT2D eigenvalue weighted by atomic mass is 10.1. The van der Waals surface area contributed by atoms with Crippen molar-refractivity contribution in [1.29, 1.82) is 0 Å². The lowest BCUT2D eigenvalue weighted by Crippen LogP contribution is -2.34. The lowest BCUT2D eigenvalue weighted by molar-refractivity contribution is 0.257. The summed E-state index contributed by atoms with van der Waals surface area (Å²) >= 11 is 2.07. The van der Waals surface area contributed by atoms with Gasteiger partial charge >= 0.3 is 0 Å². The number of likely N-dealkylation sites (N-methyl/N-ethyl adjacent to an activating group) is 1. The molecule has 2 aliphatic rings. The van der Waals surface area contributed by atoms with Crippen molar-refractivity contribution in [3.8, 4) is 0 Å². The first-order valence-electron chi connectivity index (χ1n) is 7.47. The van der Waals surface area contributed by atoms with Gasteiger partial charge in [-0.25, -0.2) is 0 Å². The van der Waals surface area contributed by atoms with Crippen LogP contribution in [0.4, 0.5) is 0 Å². The average molecular weight is 276 g/mol. The summed E-state index contributed by atoms with van der Waals surface area (Å²) < 4.78 is 0. The molecule has 0 aliphatic carbocycles. The molecule has 0 amide bonds. The van der Waals surface area contributed by atoms with Crippen LogP contribution in [0.15, 0.2) is 29.2 Å². The van der Waals surface area contributed by atoms with Crippen molar-refractivity contribution in [2.24, 2.45) is 0 Å². The molecule has 1 aromatic carbocycles. The third-order valence-corrected chi connectivity index (χ3v) is 5.53. The van der Waals surface area contributed by atoms with E-state index < -0.39 is 0 Å². The first kappa shape index (κ1) is 13.5. The number of hydrogen-bond donors (Lipinski definition) is 0. The number of nitrogens with zero attached hydrogens (tertiary/aromatic N) is 2. The fraction of sp³-hybridized carbons (Fsp3) is 0.625. The fourth-order valence-electron chi connectivity index (χ4n) is 3.11. The second-order valence-corrected chi connectivity index (χ2v) is 7.20. The maximum Gasteiger partial charge on any atom is 0.0263 e. The minimum absolute atomic E-state index is 0.751. The van der Waals surface area contributed by atoms with Gasteiger partial charge in [0.1, 0.15) is 0 Å². The molecule has 0 bridgehead atoms. The Labute approximate surface area is 121 Å². The standard InChI is InChI=1S/C16H24N2S/c1-17(10-11-18-8-4-5-9-18)13-15-12-14-6-2-3-7-16(14)19-15/h2-3,6-7,15H,4-5,8-13H2,1H3. The highest BCUT2D eigenvalue weighted by atomic mass is 32.2. The van der Waals surface area contributed by atoms with Crippen LogP contribution < -0.4 is 0 Å². The summed E-state index contributed by atoms with van der Waals surface area (Å²) in [5, 5.41) is 0.751. The molecular formula is C16H24N2S. The van der Waals surface area contributed by atoms with E-state index in [0.29, 0.717) is 0 Å². The number of benzene rings is 1. The van der Waals surface area contributed by atoms with Gasteiger partial charge in [-0.1, -0.05) is 18.2 Å². The van der Waals surface area contributed by atoms with Crippen molar-refractivity contribution >= 4 is 11.8 Å². The molecule has 2 nitrogen and oxygen atoms in total. The zero-order chi connectivity index (χ0) is 13.1. The molecule has 1 fully saturated rings. The van der Waals surface area contributed by atoms with E-state index in [0.717, 1.165) is 5.25 Å². The molecule has 0 spiro atoms.